The number of hydrogen-bond donors (Lipinski definition) is 2. The van der Waals surface area contributed by atoms with Crippen LogP contribution in [0.5, 0.6) is 5.75 Å². The van der Waals surface area contributed by atoms with E-state index in [1.165, 1.54) is 12.0 Å². The number of phenolic OH excluding ortho intramolecular Hbond substituents is 1. The van der Waals surface area contributed by atoms with Crippen LogP contribution in [0.1, 0.15) is 37.7 Å². The molecule has 0 saturated heterocycles. The quantitative estimate of drug-likeness (QED) is 0.533. The zero-order valence-corrected chi connectivity index (χ0v) is 16.5. The maximum absolute atomic E-state index is 14.7. The third-order valence-corrected chi connectivity index (χ3v) is 6.09. The number of rotatable bonds is 5. The van der Waals surface area contributed by atoms with E-state index in [9.17, 15) is 14.6 Å². The number of halogens is 1. The van der Waals surface area contributed by atoms with Crippen LogP contribution in [0.2, 0.25) is 0 Å². The van der Waals surface area contributed by atoms with Crippen LogP contribution < -0.4 is 0 Å². The van der Waals surface area contributed by atoms with Gasteiger partial charge in [-0.15, -0.1) is 0 Å². The second-order valence-corrected chi connectivity index (χ2v) is 8.15. The minimum absolute atomic E-state index is 0.0913. The first-order chi connectivity index (χ1) is 14.1. The van der Waals surface area contributed by atoms with Crippen molar-refractivity contribution < 1.29 is 14.6 Å². The van der Waals surface area contributed by atoms with Gasteiger partial charge in [0.15, 0.2) is 0 Å². The lowest BCUT2D eigenvalue weighted by atomic mass is 9.84. The van der Waals surface area contributed by atoms with Gasteiger partial charge in [-0.2, -0.15) is 0 Å². The number of benzene rings is 3. The van der Waals surface area contributed by atoms with Gasteiger partial charge in [0.05, 0.1) is 6.10 Å². The summed E-state index contributed by atoms with van der Waals surface area (Å²) in [5.74, 6) is 0.628. The fourth-order valence-corrected chi connectivity index (χ4v) is 4.24. The Morgan fingerprint density at radius 1 is 0.759 bits per heavy atom. The highest BCUT2D eigenvalue weighted by Crippen LogP contribution is 2.30. The molecular formula is C26H27FO2. The van der Waals surface area contributed by atoms with Gasteiger partial charge in [-0.25, -0.2) is 4.39 Å². The molecule has 29 heavy (non-hydrogen) atoms. The van der Waals surface area contributed by atoms with E-state index < -0.39 is 0 Å². The Labute approximate surface area is 171 Å². The molecule has 0 aromatic heterocycles. The summed E-state index contributed by atoms with van der Waals surface area (Å²) >= 11 is 0. The van der Waals surface area contributed by atoms with E-state index in [1.807, 2.05) is 6.07 Å². The van der Waals surface area contributed by atoms with Crippen molar-refractivity contribution in [3.05, 3.63) is 78.1 Å². The molecule has 3 aromatic rings. The predicted molar refractivity (Wildman–Crippen MR) is 115 cm³/mol. The van der Waals surface area contributed by atoms with Crippen molar-refractivity contribution >= 4 is 0 Å². The minimum atomic E-state index is -0.267. The van der Waals surface area contributed by atoms with E-state index in [1.54, 1.807) is 36.4 Å². The van der Waals surface area contributed by atoms with Gasteiger partial charge in [0.25, 0.3) is 0 Å². The van der Waals surface area contributed by atoms with Gasteiger partial charge in [-0.1, -0.05) is 48.5 Å². The van der Waals surface area contributed by atoms with Crippen LogP contribution in [0.15, 0.2) is 66.7 Å². The molecule has 1 aliphatic carbocycles. The summed E-state index contributed by atoms with van der Waals surface area (Å²) < 4.78 is 14.7. The Hall–Kier alpha value is -2.65. The van der Waals surface area contributed by atoms with Gasteiger partial charge in [-0.05, 0) is 84.9 Å². The van der Waals surface area contributed by atoms with Crippen LogP contribution >= 0.6 is 0 Å². The lowest BCUT2D eigenvalue weighted by Crippen LogP contribution is -2.18. The number of aromatic hydroxyl groups is 1. The average Bonchev–Trinajstić information content (AvgIpc) is 2.74. The summed E-state index contributed by atoms with van der Waals surface area (Å²) in [5.41, 5.74) is 4.45. The molecule has 0 amide bonds. The first-order valence-corrected chi connectivity index (χ1v) is 10.4. The fourth-order valence-electron chi connectivity index (χ4n) is 4.24. The summed E-state index contributed by atoms with van der Waals surface area (Å²) in [5, 5.41) is 19.0. The zero-order valence-electron chi connectivity index (χ0n) is 16.5. The molecule has 2 nitrogen and oxygen atoms in total. The molecule has 0 spiro atoms. The third kappa shape index (κ3) is 4.86. The van der Waals surface area contributed by atoms with Crippen LogP contribution in [0.3, 0.4) is 0 Å². The Kier molecular flexibility index (Phi) is 5.96. The molecule has 150 valence electrons. The predicted octanol–water partition coefficient (Wildman–Crippen LogP) is 6.35. The van der Waals surface area contributed by atoms with E-state index in [2.05, 4.69) is 24.3 Å². The Morgan fingerprint density at radius 2 is 1.38 bits per heavy atom. The second kappa shape index (κ2) is 8.79. The smallest absolute Gasteiger partial charge is 0.131 e. The number of hydrogen-bond acceptors (Lipinski definition) is 2. The highest BCUT2D eigenvalue weighted by molar-refractivity contribution is 5.71. The van der Waals surface area contributed by atoms with Crippen LogP contribution in [-0.4, -0.2) is 16.3 Å². The van der Waals surface area contributed by atoms with E-state index in [-0.39, 0.29) is 17.7 Å². The average molecular weight is 390 g/mol. The summed E-state index contributed by atoms with van der Waals surface area (Å²) in [6, 6.07) is 20.3. The highest BCUT2D eigenvalue weighted by Gasteiger charge is 2.19. The van der Waals surface area contributed by atoms with Crippen molar-refractivity contribution in [1.82, 2.24) is 0 Å². The first-order valence-electron chi connectivity index (χ1n) is 10.4. The minimum Gasteiger partial charge on any atom is -0.508 e. The molecule has 1 aliphatic rings. The van der Waals surface area contributed by atoms with Crippen LogP contribution in [-0.2, 0) is 6.42 Å². The summed E-state index contributed by atoms with van der Waals surface area (Å²) in [7, 11) is 0. The SMILES string of the molecule is Oc1ccc(-c2ccc(-c3ccc(CCC4CCC(O)CC4)cc3)cc2F)cc1. The van der Waals surface area contributed by atoms with Gasteiger partial charge < -0.3 is 10.2 Å². The third-order valence-electron chi connectivity index (χ3n) is 6.09. The molecule has 0 heterocycles. The molecule has 1 saturated carbocycles. The van der Waals surface area contributed by atoms with E-state index in [0.717, 1.165) is 54.7 Å². The highest BCUT2D eigenvalue weighted by atomic mass is 19.1. The van der Waals surface area contributed by atoms with Gasteiger partial charge in [0.2, 0.25) is 0 Å². The molecule has 3 heteroatoms. The molecule has 0 bridgehead atoms. The molecule has 0 unspecified atom stereocenters. The van der Waals surface area contributed by atoms with E-state index in [4.69, 9.17) is 0 Å². The van der Waals surface area contributed by atoms with Crippen molar-refractivity contribution in [2.45, 2.75) is 44.6 Å². The lowest BCUT2D eigenvalue weighted by molar-refractivity contribution is 0.106. The first kappa shape index (κ1) is 19.7. The Balaban J connectivity index is 1.42. The monoisotopic (exact) mass is 390 g/mol. The number of aliphatic hydroxyl groups is 1. The van der Waals surface area contributed by atoms with E-state index in [0.29, 0.717) is 5.56 Å². The number of aryl methyl sites for hydroxylation is 1. The van der Waals surface area contributed by atoms with Crippen LogP contribution in [0.25, 0.3) is 22.3 Å². The van der Waals surface area contributed by atoms with Gasteiger partial charge in [0.1, 0.15) is 11.6 Å². The normalized spacial score (nSPS) is 19.2. The topological polar surface area (TPSA) is 40.5 Å². The van der Waals surface area contributed by atoms with Crippen molar-refractivity contribution in [2.75, 3.05) is 0 Å². The molecule has 0 aliphatic heterocycles. The Morgan fingerprint density at radius 3 is 2.03 bits per heavy atom. The number of phenols is 1. The van der Waals surface area contributed by atoms with E-state index >= 15 is 0 Å². The van der Waals surface area contributed by atoms with Gasteiger partial charge in [-0.3, -0.25) is 0 Å². The molecule has 0 radical (unpaired) electrons. The van der Waals surface area contributed by atoms with Crippen molar-refractivity contribution in [3.63, 3.8) is 0 Å². The van der Waals surface area contributed by atoms with Crippen LogP contribution in [0, 0.1) is 11.7 Å². The van der Waals surface area contributed by atoms with Gasteiger partial charge >= 0.3 is 0 Å². The maximum Gasteiger partial charge on any atom is 0.131 e. The molecule has 3 aromatic carbocycles. The number of aliphatic hydroxyl groups excluding tert-OH is 1. The van der Waals surface area contributed by atoms with Gasteiger partial charge in [0, 0.05) is 5.56 Å². The molecular weight excluding hydrogens is 363 g/mol. The molecule has 0 atom stereocenters. The standard InChI is InChI=1S/C26H27FO2/c27-26-17-22(11-16-25(26)21-9-14-24(29)15-10-21)20-7-3-18(4-8-20)1-2-19-5-12-23(28)13-6-19/h3-4,7-11,14-17,19,23,28-29H,1-2,5-6,12-13H2. The van der Waals surface area contributed by atoms with Crippen molar-refractivity contribution in [3.8, 4) is 28.0 Å². The fraction of sp³-hybridized carbons (Fsp3) is 0.308. The Bertz CT molecular complexity index is 939. The van der Waals surface area contributed by atoms with Crippen LogP contribution in [0.4, 0.5) is 4.39 Å². The summed E-state index contributed by atoms with van der Waals surface area (Å²) in [4.78, 5) is 0. The zero-order chi connectivity index (χ0) is 20.2. The molecule has 1 fully saturated rings. The largest absolute Gasteiger partial charge is 0.508 e. The van der Waals surface area contributed by atoms with Crippen molar-refractivity contribution in [1.29, 1.82) is 0 Å². The molecule has 4 rings (SSSR count). The van der Waals surface area contributed by atoms with Crippen molar-refractivity contribution in [2.24, 2.45) is 5.92 Å². The lowest BCUT2D eigenvalue weighted by Gasteiger charge is -2.25. The molecule has 2 N–H and O–H groups in total. The summed E-state index contributed by atoms with van der Waals surface area (Å²) in [6.45, 7) is 0. The second-order valence-electron chi connectivity index (χ2n) is 8.15. The maximum atomic E-state index is 14.7. The summed E-state index contributed by atoms with van der Waals surface area (Å²) in [6.07, 6.45) is 6.27.